The van der Waals surface area contributed by atoms with E-state index in [1.165, 1.54) is 34.9 Å². The summed E-state index contributed by atoms with van der Waals surface area (Å²) < 4.78 is 0.665. The van der Waals surface area contributed by atoms with Gasteiger partial charge in [-0.15, -0.1) is 22.0 Å². The molecule has 2 unspecified atom stereocenters. The molecular weight excluding hydrogens is 524 g/mol. The zero-order valence-corrected chi connectivity index (χ0v) is 20.0. The number of aryl methyl sites for hydroxylation is 1. The van der Waals surface area contributed by atoms with Crippen molar-refractivity contribution in [1.82, 2.24) is 20.4 Å². The predicted octanol–water partition coefficient (Wildman–Crippen LogP) is 1.81. The normalized spacial score (nSPS) is 19.1. The van der Waals surface area contributed by atoms with E-state index in [1.54, 1.807) is 6.92 Å². The highest BCUT2D eigenvalue weighted by Crippen LogP contribution is 2.42. The van der Waals surface area contributed by atoms with E-state index in [9.17, 15) is 39.7 Å². The van der Waals surface area contributed by atoms with Crippen molar-refractivity contribution in [2.75, 3.05) is 11.5 Å². The number of carboxylic acids is 1. The molecule has 2 N–H and O–H groups in total. The van der Waals surface area contributed by atoms with Crippen molar-refractivity contribution in [3.63, 3.8) is 0 Å². The number of nitrogens with one attached hydrogen (secondary N) is 1. The lowest BCUT2D eigenvalue weighted by Gasteiger charge is -2.49. The van der Waals surface area contributed by atoms with E-state index in [0.29, 0.717) is 9.91 Å². The van der Waals surface area contributed by atoms with Crippen molar-refractivity contribution in [2.45, 2.75) is 22.7 Å². The number of benzene rings is 1. The van der Waals surface area contributed by atoms with Crippen molar-refractivity contribution in [1.29, 1.82) is 0 Å². The van der Waals surface area contributed by atoms with Gasteiger partial charge in [0.25, 0.3) is 23.2 Å². The number of carbonyl (C=O) groups is 3. The Morgan fingerprint density at radius 3 is 2.43 bits per heavy atom. The minimum Gasteiger partial charge on any atom is -0.477 e. The smallest absolute Gasteiger partial charge is 0.352 e. The second-order valence-electron chi connectivity index (χ2n) is 7.25. The van der Waals surface area contributed by atoms with E-state index in [-0.39, 0.29) is 22.8 Å². The highest BCUT2D eigenvalue weighted by atomic mass is 32.2. The number of amides is 2. The van der Waals surface area contributed by atoms with E-state index < -0.39 is 50.4 Å². The molecular formula is C18H14N6O8S3. The van der Waals surface area contributed by atoms with Gasteiger partial charge in [0.1, 0.15) is 22.1 Å². The SMILES string of the molecule is Cc1nnc(SCC2=C(C(=O)O)N3C(=O)C(NC(=O)c4cc([N+](=O)[O-])cc([N+](=O)[O-])c4)C3SC2)s1. The minimum absolute atomic E-state index is 0.163. The fourth-order valence-corrected chi connectivity index (χ4v) is 6.74. The number of carboxylic acid groups (broad SMARTS) is 1. The summed E-state index contributed by atoms with van der Waals surface area (Å²) >= 11 is 3.92. The first kappa shape index (κ1) is 24.6. The van der Waals surface area contributed by atoms with Crippen LogP contribution >= 0.6 is 34.9 Å². The van der Waals surface area contributed by atoms with Crippen LogP contribution in [0.4, 0.5) is 11.4 Å². The Labute approximate surface area is 208 Å². The van der Waals surface area contributed by atoms with Crippen LogP contribution in [0.3, 0.4) is 0 Å². The summed E-state index contributed by atoms with van der Waals surface area (Å²) in [6.07, 6.45) is 0. The molecule has 3 heterocycles. The van der Waals surface area contributed by atoms with Gasteiger partial charge in [-0.05, 0) is 12.5 Å². The van der Waals surface area contributed by atoms with E-state index >= 15 is 0 Å². The third-order valence-electron chi connectivity index (χ3n) is 5.00. The molecule has 14 nitrogen and oxygen atoms in total. The Morgan fingerprint density at radius 2 is 1.89 bits per heavy atom. The average Bonchev–Trinajstić information content (AvgIpc) is 3.24. The van der Waals surface area contributed by atoms with Crippen molar-refractivity contribution >= 4 is 64.0 Å². The fraction of sp³-hybridized carbons (Fsp3) is 0.278. The molecule has 1 fully saturated rings. The summed E-state index contributed by atoms with van der Waals surface area (Å²) in [6, 6.07) is 1.35. The van der Waals surface area contributed by atoms with Crippen LogP contribution in [0.15, 0.2) is 33.8 Å². The molecule has 0 radical (unpaired) electrons. The first-order chi connectivity index (χ1) is 16.6. The van der Waals surface area contributed by atoms with Crippen LogP contribution in [0.1, 0.15) is 15.4 Å². The van der Waals surface area contributed by atoms with Gasteiger partial charge in [-0.2, -0.15) is 0 Å². The Bertz CT molecular complexity index is 1280. The molecule has 0 saturated carbocycles. The molecule has 4 rings (SSSR count). The molecule has 2 atom stereocenters. The number of aliphatic carboxylic acids is 1. The number of hydrogen-bond acceptors (Lipinski definition) is 12. The number of aromatic nitrogens is 2. The van der Waals surface area contributed by atoms with Gasteiger partial charge in [-0.1, -0.05) is 23.1 Å². The standard InChI is InChI=1S/C18H14N6O8S3/c1-7-20-21-18(35-7)34-6-9-5-33-16-12(15(26)22(16)13(9)17(27)28)19-14(25)8-2-10(23(29)30)4-11(3-8)24(31)32/h2-4,12,16H,5-6H2,1H3,(H,19,25)(H,27,28). The van der Waals surface area contributed by atoms with Crippen LogP contribution < -0.4 is 5.32 Å². The summed E-state index contributed by atoms with van der Waals surface area (Å²) in [5.41, 5.74) is -1.31. The largest absolute Gasteiger partial charge is 0.477 e. The molecule has 2 aliphatic rings. The third kappa shape index (κ3) is 4.82. The Morgan fingerprint density at radius 1 is 1.23 bits per heavy atom. The Hall–Kier alpha value is -3.57. The molecule has 35 heavy (non-hydrogen) atoms. The van der Waals surface area contributed by atoms with E-state index in [4.69, 9.17) is 0 Å². The van der Waals surface area contributed by atoms with Crippen molar-refractivity contribution in [3.05, 3.63) is 60.3 Å². The molecule has 1 aromatic carbocycles. The fourth-order valence-electron chi connectivity index (χ4n) is 3.44. The third-order valence-corrected chi connectivity index (χ3v) is 8.40. The van der Waals surface area contributed by atoms with E-state index in [2.05, 4.69) is 15.5 Å². The summed E-state index contributed by atoms with van der Waals surface area (Å²) in [4.78, 5) is 58.9. The first-order valence-corrected chi connectivity index (χ1v) is 12.5. The van der Waals surface area contributed by atoms with Gasteiger partial charge in [0, 0.05) is 23.6 Å². The maximum absolute atomic E-state index is 12.8. The lowest BCUT2D eigenvalue weighted by molar-refractivity contribution is -0.394. The summed E-state index contributed by atoms with van der Waals surface area (Å²) in [7, 11) is 0. The number of nitrogens with zero attached hydrogens (tertiary/aromatic N) is 5. The maximum Gasteiger partial charge on any atom is 0.352 e. The molecule has 0 bridgehead atoms. The molecule has 182 valence electrons. The van der Waals surface area contributed by atoms with Gasteiger partial charge in [0.2, 0.25) is 0 Å². The number of nitro groups is 2. The highest BCUT2D eigenvalue weighted by molar-refractivity contribution is 8.01. The molecule has 0 spiro atoms. The molecule has 2 aromatic rings. The molecule has 1 saturated heterocycles. The zero-order valence-electron chi connectivity index (χ0n) is 17.6. The monoisotopic (exact) mass is 538 g/mol. The lowest BCUT2D eigenvalue weighted by Crippen LogP contribution is -2.70. The molecule has 17 heteroatoms. The number of thioether (sulfide) groups is 2. The quantitative estimate of drug-likeness (QED) is 0.214. The summed E-state index contributed by atoms with van der Waals surface area (Å²) in [6.45, 7) is 1.80. The van der Waals surface area contributed by atoms with Gasteiger partial charge in [-0.25, -0.2) is 4.79 Å². The van der Waals surface area contributed by atoms with Crippen molar-refractivity contribution < 1.29 is 29.3 Å². The van der Waals surface area contributed by atoms with Gasteiger partial charge in [0.15, 0.2) is 4.34 Å². The van der Waals surface area contributed by atoms with Crippen LogP contribution in [0.2, 0.25) is 0 Å². The number of carbonyl (C=O) groups excluding carboxylic acids is 2. The van der Waals surface area contributed by atoms with Gasteiger partial charge >= 0.3 is 5.97 Å². The number of hydrogen-bond donors (Lipinski definition) is 2. The van der Waals surface area contributed by atoms with Crippen LogP contribution in [0, 0.1) is 27.2 Å². The van der Waals surface area contributed by atoms with Gasteiger partial charge in [0.05, 0.1) is 21.5 Å². The first-order valence-electron chi connectivity index (χ1n) is 9.64. The van der Waals surface area contributed by atoms with Gasteiger partial charge < -0.3 is 10.4 Å². The average molecular weight is 539 g/mol. The second-order valence-corrected chi connectivity index (χ2v) is 10.8. The summed E-state index contributed by atoms with van der Waals surface area (Å²) in [5.74, 6) is -2.30. The van der Waals surface area contributed by atoms with Crippen LogP contribution in [0.5, 0.6) is 0 Å². The number of rotatable bonds is 8. The topological polar surface area (TPSA) is 199 Å². The second kappa shape index (κ2) is 9.59. The molecule has 2 aliphatic heterocycles. The summed E-state index contributed by atoms with van der Waals surface area (Å²) in [5, 5.41) is 42.3. The predicted molar refractivity (Wildman–Crippen MR) is 124 cm³/mol. The van der Waals surface area contributed by atoms with Gasteiger partial charge in [-0.3, -0.25) is 34.7 Å². The lowest BCUT2D eigenvalue weighted by atomic mass is 10.0. The van der Waals surface area contributed by atoms with Crippen LogP contribution in [-0.4, -0.2) is 70.8 Å². The highest BCUT2D eigenvalue weighted by Gasteiger charge is 2.54. The Kier molecular flexibility index (Phi) is 6.73. The number of non-ortho nitro benzene ring substituents is 2. The number of fused-ring (bicyclic) bond motifs is 1. The number of nitro benzene ring substituents is 2. The van der Waals surface area contributed by atoms with Crippen LogP contribution in [0.25, 0.3) is 0 Å². The van der Waals surface area contributed by atoms with E-state index in [0.717, 1.165) is 28.1 Å². The molecule has 2 amide bonds. The molecule has 1 aromatic heterocycles. The zero-order chi connectivity index (χ0) is 25.4. The molecule has 0 aliphatic carbocycles. The Balaban J connectivity index is 1.51. The minimum atomic E-state index is -1.29. The van der Waals surface area contributed by atoms with Crippen LogP contribution in [-0.2, 0) is 9.59 Å². The van der Waals surface area contributed by atoms with Crippen molar-refractivity contribution in [3.8, 4) is 0 Å². The maximum atomic E-state index is 12.8. The van der Waals surface area contributed by atoms with Crippen molar-refractivity contribution in [2.24, 2.45) is 0 Å². The number of β-lactam (4-membered cyclic amide) rings is 1. The van der Waals surface area contributed by atoms with E-state index in [1.807, 2.05) is 0 Å².